The van der Waals surface area contributed by atoms with E-state index in [1.807, 2.05) is 6.92 Å². The molecule has 2 heterocycles. The van der Waals surface area contributed by atoms with E-state index in [1.54, 1.807) is 4.90 Å². The Hall–Kier alpha value is -0.710. The zero-order valence-corrected chi connectivity index (χ0v) is 8.96. The maximum atomic E-state index is 11.8. The van der Waals surface area contributed by atoms with Gasteiger partial charge in [-0.25, -0.2) is 0 Å². The summed E-state index contributed by atoms with van der Waals surface area (Å²) in [7, 11) is 0. The van der Waals surface area contributed by atoms with Gasteiger partial charge in [-0.3, -0.25) is 9.59 Å². The first-order valence-corrected chi connectivity index (χ1v) is 5.42. The summed E-state index contributed by atoms with van der Waals surface area (Å²) in [6.07, 6.45) is 1.70. The molecule has 0 aliphatic carbocycles. The number of carbonyl (C=O) groups is 2. The summed E-state index contributed by atoms with van der Waals surface area (Å²) in [6, 6.07) is -0.425. The number of rotatable bonds is 0. The minimum Gasteiger partial charge on any atom is -0.350 e. The van der Waals surface area contributed by atoms with Gasteiger partial charge in [0, 0.05) is 12.6 Å². The van der Waals surface area contributed by atoms with Crippen LogP contribution >= 0.6 is 12.6 Å². The molecule has 14 heavy (non-hydrogen) atoms. The van der Waals surface area contributed by atoms with Crippen LogP contribution in [0.2, 0.25) is 0 Å². The van der Waals surface area contributed by atoms with Crippen molar-refractivity contribution in [1.29, 1.82) is 0 Å². The van der Waals surface area contributed by atoms with Crippen LogP contribution in [0.25, 0.3) is 0 Å². The zero-order valence-electron chi connectivity index (χ0n) is 8.06. The Morgan fingerprint density at radius 2 is 2.21 bits per heavy atom. The maximum Gasteiger partial charge on any atom is 0.243 e. The minimum atomic E-state index is -0.401. The van der Waals surface area contributed by atoms with Crippen molar-refractivity contribution in [3.63, 3.8) is 0 Å². The third-order valence-electron chi connectivity index (χ3n) is 2.94. The number of fused-ring (bicyclic) bond motifs is 1. The van der Waals surface area contributed by atoms with E-state index in [-0.39, 0.29) is 23.9 Å². The normalized spacial score (nSPS) is 37.9. The van der Waals surface area contributed by atoms with Crippen LogP contribution in [0.1, 0.15) is 19.8 Å². The summed E-state index contributed by atoms with van der Waals surface area (Å²) < 4.78 is 0. The average molecular weight is 214 g/mol. The van der Waals surface area contributed by atoms with Crippen molar-refractivity contribution in [2.75, 3.05) is 6.54 Å². The molecule has 2 fully saturated rings. The smallest absolute Gasteiger partial charge is 0.243 e. The average Bonchev–Trinajstić information content (AvgIpc) is 2.60. The molecule has 0 aromatic heterocycles. The predicted octanol–water partition coefficient (Wildman–Crippen LogP) is -0.206. The van der Waals surface area contributed by atoms with E-state index < -0.39 is 5.25 Å². The van der Waals surface area contributed by atoms with Crippen LogP contribution in [-0.2, 0) is 9.59 Å². The summed E-state index contributed by atoms with van der Waals surface area (Å²) in [5, 5.41) is 2.41. The van der Waals surface area contributed by atoms with Crippen molar-refractivity contribution in [2.45, 2.75) is 37.1 Å². The molecule has 0 radical (unpaired) electrons. The fraction of sp³-hybridized carbons (Fsp3) is 0.778. The first kappa shape index (κ1) is 9.83. The summed E-state index contributed by atoms with van der Waals surface area (Å²) in [4.78, 5) is 25.2. The lowest BCUT2D eigenvalue weighted by atomic mass is 10.2. The topological polar surface area (TPSA) is 49.4 Å². The van der Waals surface area contributed by atoms with Crippen LogP contribution in [0.15, 0.2) is 0 Å². The van der Waals surface area contributed by atoms with Crippen LogP contribution in [0.4, 0.5) is 0 Å². The van der Waals surface area contributed by atoms with Gasteiger partial charge in [-0.2, -0.15) is 12.6 Å². The molecule has 2 aliphatic rings. The number of carbonyl (C=O) groups excluding carboxylic acids is 2. The first-order chi connectivity index (χ1) is 6.61. The van der Waals surface area contributed by atoms with Gasteiger partial charge in [-0.05, 0) is 19.8 Å². The largest absolute Gasteiger partial charge is 0.350 e. The van der Waals surface area contributed by atoms with Gasteiger partial charge in [-0.1, -0.05) is 0 Å². The third-order valence-corrected chi connectivity index (χ3v) is 3.60. The molecule has 0 saturated carbocycles. The molecular formula is C9H14N2O2S. The van der Waals surface area contributed by atoms with Crippen LogP contribution < -0.4 is 5.32 Å². The molecule has 1 N–H and O–H groups in total. The second-order valence-corrected chi connectivity index (χ2v) is 4.49. The minimum absolute atomic E-state index is 0.0123. The lowest BCUT2D eigenvalue weighted by Gasteiger charge is -2.21. The van der Waals surface area contributed by atoms with Gasteiger partial charge in [0.05, 0.1) is 0 Å². The standard InChI is InChI=1S/C9H14N2O2S/c1-5-7(14)9(13)11-4-2-3-6(11)8(12)10-5/h5-7,14H,2-4H2,1H3,(H,10,12). The first-order valence-electron chi connectivity index (χ1n) is 4.90. The molecule has 78 valence electrons. The van der Waals surface area contributed by atoms with Crippen molar-refractivity contribution in [1.82, 2.24) is 10.2 Å². The molecule has 0 aromatic rings. The summed E-state index contributed by atoms with van der Waals surface area (Å²) in [5.41, 5.74) is 0. The molecule has 3 atom stereocenters. The van der Waals surface area contributed by atoms with Gasteiger partial charge in [0.25, 0.3) is 0 Å². The van der Waals surface area contributed by atoms with Gasteiger partial charge in [-0.15, -0.1) is 0 Å². The quantitative estimate of drug-likeness (QED) is 0.548. The Kier molecular flexibility index (Phi) is 2.43. The molecule has 2 amide bonds. The van der Waals surface area contributed by atoms with Crippen molar-refractivity contribution < 1.29 is 9.59 Å². The number of thiol groups is 1. The van der Waals surface area contributed by atoms with E-state index in [0.29, 0.717) is 6.54 Å². The van der Waals surface area contributed by atoms with E-state index >= 15 is 0 Å². The molecule has 2 rings (SSSR count). The summed E-state index contributed by atoms with van der Waals surface area (Å²) >= 11 is 4.24. The van der Waals surface area contributed by atoms with Crippen molar-refractivity contribution >= 4 is 24.4 Å². The molecule has 2 saturated heterocycles. The number of hydrogen-bond acceptors (Lipinski definition) is 3. The van der Waals surface area contributed by atoms with Crippen LogP contribution in [0.5, 0.6) is 0 Å². The fourth-order valence-electron chi connectivity index (χ4n) is 2.09. The number of hydrogen-bond donors (Lipinski definition) is 2. The highest BCUT2D eigenvalue weighted by atomic mass is 32.1. The van der Waals surface area contributed by atoms with Crippen molar-refractivity contribution in [2.24, 2.45) is 0 Å². The lowest BCUT2D eigenvalue weighted by molar-refractivity contribution is -0.135. The van der Waals surface area contributed by atoms with E-state index in [0.717, 1.165) is 12.8 Å². The Bertz CT molecular complexity index is 282. The van der Waals surface area contributed by atoms with Gasteiger partial charge >= 0.3 is 0 Å². The Balaban J connectivity index is 2.27. The van der Waals surface area contributed by atoms with Gasteiger partial charge < -0.3 is 10.2 Å². The number of amides is 2. The highest BCUT2D eigenvalue weighted by Crippen LogP contribution is 2.23. The van der Waals surface area contributed by atoms with Gasteiger partial charge in [0.15, 0.2) is 0 Å². The lowest BCUT2D eigenvalue weighted by Crippen LogP contribution is -2.42. The van der Waals surface area contributed by atoms with Crippen LogP contribution in [-0.4, -0.2) is 40.6 Å². The van der Waals surface area contributed by atoms with Crippen molar-refractivity contribution in [3.05, 3.63) is 0 Å². The highest BCUT2D eigenvalue weighted by Gasteiger charge is 2.41. The second kappa shape index (κ2) is 3.46. The Morgan fingerprint density at radius 3 is 2.93 bits per heavy atom. The second-order valence-electron chi connectivity index (χ2n) is 3.93. The fourth-order valence-corrected chi connectivity index (χ4v) is 2.31. The molecule has 0 bridgehead atoms. The monoisotopic (exact) mass is 214 g/mol. The van der Waals surface area contributed by atoms with Crippen molar-refractivity contribution in [3.8, 4) is 0 Å². The molecule has 0 aromatic carbocycles. The van der Waals surface area contributed by atoms with Gasteiger partial charge in [0.1, 0.15) is 11.3 Å². The predicted molar refractivity (Wildman–Crippen MR) is 55.1 cm³/mol. The summed E-state index contributed by atoms with van der Waals surface area (Å²) in [5.74, 6) is -0.0402. The zero-order chi connectivity index (χ0) is 10.3. The summed E-state index contributed by atoms with van der Waals surface area (Å²) in [6.45, 7) is 2.51. The number of nitrogens with zero attached hydrogens (tertiary/aromatic N) is 1. The van der Waals surface area contributed by atoms with Gasteiger partial charge in [0.2, 0.25) is 11.8 Å². The van der Waals surface area contributed by atoms with E-state index in [1.165, 1.54) is 0 Å². The highest BCUT2D eigenvalue weighted by molar-refractivity contribution is 7.81. The molecule has 4 nitrogen and oxygen atoms in total. The number of nitrogens with one attached hydrogen (secondary N) is 1. The van der Waals surface area contributed by atoms with Crippen LogP contribution in [0.3, 0.4) is 0 Å². The van der Waals surface area contributed by atoms with E-state index in [4.69, 9.17) is 0 Å². The Morgan fingerprint density at radius 1 is 1.50 bits per heavy atom. The SMILES string of the molecule is CC1NC(=O)C2CCCN2C(=O)C1S. The van der Waals surface area contributed by atoms with E-state index in [9.17, 15) is 9.59 Å². The third kappa shape index (κ3) is 1.39. The maximum absolute atomic E-state index is 11.8. The molecule has 5 heteroatoms. The van der Waals surface area contributed by atoms with E-state index in [2.05, 4.69) is 17.9 Å². The molecule has 2 aliphatic heterocycles. The molecular weight excluding hydrogens is 200 g/mol. The Labute approximate surface area is 88.4 Å². The van der Waals surface area contributed by atoms with Crippen LogP contribution in [0, 0.1) is 0 Å². The molecule has 0 spiro atoms. The molecule has 3 unspecified atom stereocenters.